The van der Waals surface area contributed by atoms with Crippen molar-refractivity contribution in [3.05, 3.63) is 54.1 Å². The Morgan fingerprint density at radius 2 is 2.17 bits per heavy atom. The lowest BCUT2D eigenvalue weighted by molar-refractivity contribution is 0.265. The smallest absolute Gasteiger partial charge is 0.131 e. The van der Waals surface area contributed by atoms with Crippen LogP contribution < -0.4 is 5.73 Å². The van der Waals surface area contributed by atoms with Gasteiger partial charge in [-0.1, -0.05) is 18.2 Å². The van der Waals surface area contributed by atoms with Gasteiger partial charge in [0, 0.05) is 29.6 Å². The second kappa shape index (κ2) is 5.71. The SMILES string of the molecule is N[C@H](CO)Cc1ccc(-c2cccnc2)c(F)c1. The number of nitrogens with zero attached hydrogens (tertiary/aromatic N) is 1. The summed E-state index contributed by atoms with van der Waals surface area (Å²) >= 11 is 0. The van der Waals surface area contributed by atoms with E-state index in [0.717, 1.165) is 11.1 Å². The van der Waals surface area contributed by atoms with Gasteiger partial charge in [-0.25, -0.2) is 4.39 Å². The molecule has 0 radical (unpaired) electrons. The number of pyridine rings is 1. The van der Waals surface area contributed by atoms with Crippen molar-refractivity contribution in [1.82, 2.24) is 4.98 Å². The molecule has 1 aromatic carbocycles. The Kier molecular flexibility index (Phi) is 4.02. The van der Waals surface area contributed by atoms with Crippen molar-refractivity contribution in [2.45, 2.75) is 12.5 Å². The van der Waals surface area contributed by atoms with E-state index < -0.39 is 0 Å². The van der Waals surface area contributed by atoms with E-state index >= 15 is 0 Å². The molecular formula is C14H15FN2O. The number of rotatable bonds is 4. The Morgan fingerprint density at radius 1 is 1.33 bits per heavy atom. The number of hydrogen-bond acceptors (Lipinski definition) is 3. The van der Waals surface area contributed by atoms with Crippen LogP contribution in [0.4, 0.5) is 4.39 Å². The summed E-state index contributed by atoms with van der Waals surface area (Å²) in [6.45, 7) is -0.105. The molecule has 0 fully saturated rings. The minimum absolute atomic E-state index is 0.105. The molecule has 0 amide bonds. The number of aliphatic hydroxyl groups is 1. The van der Waals surface area contributed by atoms with Gasteiger partial charge in [-0.15, -0.1) is 0 Å². The molecule has 94 valence electrons. The van der Waals surface area contributed by atoms with Crippen LogP contribution in [0.15, 0.2) is 42.7 Å². The van der Waals surface area contributed by atoms with Crippen molar-refractivity contribution in [3.8, 4) is 11.1 Å². The number of aliphatic hydroxyl groups excluding tert-OH is 1. The largest absolute Gasteiger partial charge is 0.395 e. The van der Waals surface area contributed by atoms with Crippen LogP contribution in [0.3, 0.4) is 0 Å². The van der Waals surface area contributed by atoms with Crippen LogP contribution in [-0.2, 0) is 6.42 Å². The Balaban J connectivity index is 2.26. The molecule has 2 rings (SSSR count). The molecule has 3 nitrogen and oxygen atoms in total. The molecule has 0 saturated heterocycles. The topological polar surface area (TPSA) is 59.1 Å². The lowest BCUT2D eigenvalue weighted by atomic mass is 10.0. The van der Waals surface area contributed by atoms with Gasteiger partial charge in [0.25, 0.3) is 0 Å². The zero-order valence-corrected chi connectivity index (χ0v) is 9.88. The number of aromatic nitrogens is 1. The molecule has 0 aliphatic heterocycles. The Bertz CT molecular complexity index is 516. The fourth-order valence-electron chi connectivity index (χ4n) is 1.81. The Labute approximate surface area is 105 Å². The van der Waals surface area contributed by atoms with Gasteiger partial charge in [0.2, 0.25) is 0 Å². The molecule has 1 aromatic heterocycles. The third-order valence-electron chi connectivity index (χ3n) is 2.74. The summed E-state index contributed by atoms with van der Waals surface area (Å²) in [4.78, 5) is 3.97. The standard InChI is InChI=1S/C14H15FN2O/c15-14-7-10(6-12(16)9-18)3-4-13(14)11-2-1-5-17-8-11/h1-5,7-8,12,18H,6,9,16H2/t12-/m0/s1. The van der Waals surface area contributed by atoms with Gasteiger partial charge in [0.15, 0.2) is 0 Å². The van der Waals surface area contributed by atoms with E-state index in [1.54, 1.807) is 24.5 Å². The maximum absolute atomic E-state index is 14.0. The lowest BCUT2D eigenvalue weighted by Crippen LogP contribution is -2.26. The maximum Gasteiger partial charge on any atom is 0.131 e. The fraction of sp³-hybridized carbons (Fsp3) is 0.214. The van der Waals surface area contributed by atoms with E-state index in [1.165, 1.54) is 6.07 Å². The number of hydrogen-bond donors (Lipinski definition) is 2. The molecule has 1 heterocycles. The summed E-state index contributed by atoms with van der Waals surface area (Å²) in [6.07, 6.45) is 3.73. The maximum atomic E-state index is 14.0. The minimum atomic E-state index is -0.353. The average molecular weight is 246 g/mol. The van der Waals surface area contributed by atoms with Gasteiger partial charge in [-0.2, -0.15) is 0 Å². The molecule has 0 bridgehead atoms. The van der Waals surface area contributed by atoms with Crippen LogP contribution in [0.5, 0.6) is 0 Å². The Morgan fingerprint density at radius 3 is 2.78 bits per heavy atom. The summed E-state index contributed by atoms with van der Waals surface area (Å²) < 4.78 is 14.0. The highest BCUT2D eigenvalue weighted by molar-refractivity contribution is 5.63. The first-order valence-corrected chi connectivity index (χ1v) is 5.76. The fourth-order valence-corrected chi connectivity index (χ4v) is 1.81. The second-order valence-corrected chi connectivity index (χ2v) is 4.20. The molecule has 18 heavy (non-hydrogen) atoms. The van der Waals surface area contributed by atoms with Crippen LogP contribution in [-0.4, -0.2) is 22.7 Å². The van der Waals surface area contributed by atoms with Crippen molar-refractivity contribution in [2.75, 3.05) is 6.61 Å². The molecule has 0 aliphatic rings. The monoisotopic (exact) mass is 246 g/mol. The quantitative estimate of drug-likeness (QED) is 0.864. The van der Waals surface area contributed by atoms with Crippen molar-refractivity contribution >= 4 is 0 Å². The lowest BCUT2D eigenvalue weighted by Gasteiger charge is -2.09. The van der Waals surface area contributed by atoms with E-state index in [2.05, 4.69) is 4.98 Å². The van der Waals surface area contributed by atoms with Crippen molar-refractivity contribution in [3.63, 3.8) is 0 Å². The zero-order valence-electron chi connectivity index (χ0n) is 9.88. The first-order valence-electron chi connectivity index (χ1n) is 5.76. The normalized spacial score (nSPS) is 12.4. The molecule has 1 atom stereocenters. The van der Waals surface area contributed by atoms with E-state index in [9.17, 15) is 4.39 Å². The highest BCUT2D eigenvalue weighted by atomic mass is 19.1. The molecule has 0 aliphatic carbocycles. The van der Waals surface area contributed by atoms with E-state index in [4.69, 9.17) is 10.8 Å². The molecule has 0 unspecified atom stereocenters. The highest BCUT2D eigenvalue weighted by Crippen LogP contribution is 2.23. The molecule has 0 saturated carbocycles. The summed E-state index contributed by atoms with van der Waals surface area (Å²) in [5.41, 5.74) is 7.66. The molecule has 2 aromatic rings. The molecule has 3 N–H and O–H groups in total. The summed E-state index contributed by atoms with van der Waals surface area (Å²) in [7, 11) is 0. The van der Waals surface area contributed by atoms with E-state index in [-0.39, 0.29) is 18.5 Å². The second-order valence-electron chi connectivity index (χ2n) is 4.20. The van der Waals surface area contributed by atoms with Crippen molar-refractivity contribution in [1.29, 1.82) is 0 Å². The zero-order chi connectivity index (χ0) is 13.0. The van der Waals surface area contributed by atoms with E-state index in [1.807, 2.05) is 12.1 Å². The minimum Gasteiger partial charge on any atom is -0.395 e. The van der Waals surface area contributed by atoms with Gasteiger partial charge in [0.05, 0.1) is 6.61 Å². The van der Waals surface area contributed by atoms with Gasteiger partial charge in [-0.3, -0.25) is 4.98 Å². The van der Waals surface area contributed by atoms with Crippen molar-refractivity contribution in [2.24, 2.45) is 5.73 Å². The van der Waals surface area contributed by atoms with Crippen LogP contribution in [0.2, 0.25) is 0 Å². The van der Waals surface area contributed by atoms with Gasteiger partial charge in [0.1, 0.15) is 5.82 Å². The third kappa shape index (κ3) is 2.91. The number of nitrogens with two attached hydrogens (primary N) is 1. The molecule has 0 spiro atoms. The number of halogens is 1. The molecule has 4 heteroatoms. The summed E-state index contributed by atoms with van der Waals surface area (Å²) in [5, 5.41) is 8.87. The Hall–Kier alpha value is -1.78. The van der Waals surface area contributed by atoms with Gasteiger partial charge in [-0.05, 0) is 24.1 Å². The first kappa shape index (κ1) is 12.7. The highest BCUT2D eigenvalue weighted by Gasteiger charge is 2.08. The third-order valence-corrected chi connectivity index (χ3v) is 2.74. The predicted molar refractivity (Wildman–Crippen MR) is 68.4 cm³/mol. The average Bonchev–Trinajstić information content (AvgIpc) is 2.40. The summed E-state index contributed by atoms with van der Waals surface area (Å²) in [6, 6.07) is 8.22. The van der Waals surface area contributed by atoms with Crippen LogP contribution >= 0.6 is 0 Å². The summed E-state index contributed by atoms with van der Waals surface area (Å²) in [5.74, 6) is -0.300. The van der Waals surface area contributed by atoms with Crippen LogP contribution in [0.1, 0.15) is 5.56 Å². The molecular weight excluding hydrogens is 231 g/mol. The van der Waals surface area contributed by atoms with Crippen molar-refractivity contribution < 1.29 is 9.50 Å². The van der Waals surface area contributed by atoms with Crippen LogP contribution in [0, 0.1) is 5.82 Å². The van der Waals surface area contributed by atoms with E-state index in [0.29, 0.717) is 12.0 Å². The predicted octanol–water partition coefficient (Wildman–Crippen LogP) is 1.75. The number of benzene rings is 1. The van der Waals surface area contributed by atoms with Crippen LogP contribution in [0.25, 0.3) is 11.1 Å². The van der Waals surface area contributed by atoms with Gasteiger partial charge >= 0.3 is 0 Å². The van der Waals surface area contributed by atoms with Gasteiger partial charge < -0.3 is 10.8 Å². The first-order chi connectivity index (χ1) is 8.70.